The lowest BCUT2D eigenvalue weighted by molar-refractivity contribution is 0.505. The molecule has 0 aliphatic heterocycles. The molecule has 0 saturated heterocycles. The lowest BCUT2D eigenvalue weighted by atomic mass is 10.1. The number of nitrogens with one attached hydrogen (secondary N) is 1. The third-order valence-electron chi connectivity index (χ3n) is 3.67. The van der Waals surface area contributed by atoms with Crippen LogP contribution in [0.3, 0.4) is 0 Å². The highest BCUT2D eigenvalue weighted by atomic mass is 32.1. The largest absolute Gasteiger partial charge is 0.314 e. The number of hydrogen-bond acceptors (Lipinski definition) is 2. The molecule has 1 aliphatic carbocycles. The summed E-state index contributed by atoms with van der Waals surface area (Å²) >= 11 is 1.92. The maximum Gasteiger partial charge on any atom is 0.00698 e. The Morgan fingerprint density at radius 1 is 1.38 bits per heavy atom. The summed E-state index contributed by atoms with van der Waals surface area (Å²) in [7, 11) is 0. The van der Waals surface area contributed by atoms with E-state index in [1.54, 1.807) is 5.56 Å². The second-order valence-corrected chi connectivity index (χ2v) is 6.72. The molecule has 90 valence electrons. The third-order valence-corrected chi connectivity index (χ3v) is 4.67. The van der Waals surface area contributed by atoms with E-state index < -0.39 is 0 Å². The van der Waals surface area contributed by atoms with Crippen LogP contribution in [0.2, 0.25) is 0 Å². The van der Waals surface area contributed by atoms with Crippen LogP contribution in [0.25, 0.3) is 0 Å². The maximum absolute atomic E-state index is 3.70. The first kappa shape index (κ1) is 12.1. The van der Waals surface area contributed by atoms with Gasteiger partial charge in [0.1, 0.15) is 0 Å². The Labute approximate surface area is 103 Å². The molecule has 1 nitrogen and oxygen atoms in total. The lowest BCUT2D eigenvalue weighted by Gasteiger charge is -2.11. The molecule has 0 amide bonds. The summed E-state index contributed by atoms with van der Waals surface area (Å²) < 4.78 is 0. The van der Waals surface area contributed by atoms with Gasteiger partial charge in [0, 0.05) is 15.8 Å². The highest BCUT2D eigenvalue weighted by Crippen LogP contribution is 2.25. The number of thiophene rings is 1. The Morgan fingerprint density at radius 3 is 2.75 bits per heavy atom. The van der Waals surface area contributed by atoms with Crippen LogP contribution in [0.15, 0.2) is 6.07 Å². The van der Waals surface area contributed by atoms with Crippen LogP contribution in [0.4, 0.5) is 0 Å². The zero-order valence-electron chi connectivity index (χ0n) is 10.7. The number of rotatable bonds is 4. The van der Waals surface area contributed by atoms with Crippen LogP contribution in [0.5, 0.6) is 0 Å². The highest BCUT2D eigenvalue weighted by molar-refractivity contribution is 7.12. The Bertz CT molecular complexity index is 343. The van der Waals surface area contributed by atoms with Crippen molar-refractivity contribution in [2.45, 2.75) is 52.5 Å². The molecule has 1 heterocycles. The molecule has 0 bridgehead atoms. The second-order valence-electron chi connectivity index (χ2n) is 5.26. The molecule has 1 aromatic rings. The summed E-state index contributed by atoms with van der Waals surface area (Å²) in [6.07, 6.45) is 5.36. The van der Waals surface area contributed by atoms with Gasteiger partial charge in [-0.1, -0.05) is 6.92 Å². The molecule has 16 heavy (non-hydrogen) atoms. The van der Waals surface area contributed by atoms with Gasteiger partial charge in [-0.25, -0.2) is 0 Å². The molecule has 1 saturated carbocycles. The van der Waals surface area contributed by atoms with Crippen molar-refractivity contribution >= 4 is 11.3 Å². The van der Waals surface area contributed by atoms with Gasteiger partial charge in [-0.15, -0.1) is 11.3 Å². The summed E-state index contributed by atoms with van der Waals surface area (Å²) in [5, 5.41) is 3.70. The molecule has 1 aliphatic rings. The second kappa shape index (κ2) is 5.33. The zero-order chi connectivity index (χ0) is 11.5. The van der Waals surface area contributed by atoms with E-state index in [1.165, 1.54) is 35.4 Å². The van der Waals surface area contributed by atoms with Crippen molar-refractivity contribution in [2.75, 3.05) is 6.54 Å². The van der Waals surface area contributed by atoms with Crippen molar-refractivity contribution in [1.29, 1.82) is 0 Å². The molecule has 1 fully saturated rings. The standard InChI is InChI=1S/C14H23NS/c1-10-4-5-14(8-10)15-7-6-13-9-11(2)16-12(13)3/h9-10,14-15H,4-8H2,1-3H3. The van der Waals surface area contributed by atoms with Gasteiger partial charge in [-0.05, 0) is 63.6 Å². The van der Waals surface area contributed by atoms with Gasteiger partial charge in [0.2, 0.25) is 0 Å². The molecular weight excluding hydrogens is 214 g/mol. The fourth-order valence-electron chi connectivity index (χ4n) is 2.74. The molecule has 0 radical (unpaired) electrons. The van der Waals surface area contributed by atoms with Crippen molar-refractivity contribution in [3.05, 3.63) is 21.4 Å². The molecule has 2 atom stereocenters. The number of hydrogen-bond donors (Lipinski definition) is 1. The van der Waals surface area contributed by atoms with E-state index in [1.807, 2.05) is 11.3 Å². The SMILES string of the molecule is Cc1cc(CCNC2CCC(C)C2)c(C)s1. The average Bonchev–Trinajstić information content (AvgIpc) is 2.74. The van der Waals surface area contributed by atoms with Gasteiger partial charge in [0.25, 0.3) is 0 Å². The fraction of sp³-hybridized carbons (Fsp3) is 0.714. The molecule has 1 N–H and O–H groups in total. The van der Waals surface area contributed by atoms with Crippen LogP contribution in [-0.2, 0) is 6.42 Å². The van der Waals surface area contributed by atoms with Gasteiger partial charge in [-0.3, -0.25) is 0 Å². The summed E-state index contributed by atoms with van der Waals surface area (Å²) in [5.74, 6) is 0.933. The average molecular weight is 237 g/mol. The highest BCUT2D eigenvalue weighted by Gasteiger charge is 2.20. The smallest absolute Gasteiger partial charge is 0.00698 e. The number of aryl methyl sites for hydroxylation is 2. The van der Waals surface area contributed by atoms with Crippen molar-refractivity contribution in [1.82, 2.24) is 5.32 Å². The molecule has 2 unspecified atom stereocenters. The van der Waals surface area contributed by atoms with E-state index in [4.69, 9.17) is 0 Å². The lowest BCUT2D eigenvalue weighted by Crippen LogP contribution is -2.28. The van der Waals surface area contributed by atoms with Gasteiger partial charge in [-0.2, -0.15) is 0 Å². The van der Waals surface area contributed by atoms with E-state index in [0.29, 0.717) is 0 Å². The van der Waals surface area contributed by atoms with Gasteiger partial charge in [0.05, 0.1) is 0 Å². The Morgan fingerprint density at radius 2 is 2.19 bits per heavy atom. The molecule has 0 spiro atoms. The topological polar surface area (TPSA) is 12.0 Å². The summed E-state index contributed by atoms with van der Waals surface area (Å²) in [5.41, 5.74) is 1.54. The van der Waals surface area contributed by atoms with Crippen molar-refractivity contribution in [2.24, 2.45) is 5.92 Å². The van der Waals surface area contributed by atoms with E-state index in [2.05, 4.69) is 32.2 Å². The Kier molecular flexibility index (Phi) is 4.04. The quantitative estimate of drug-likeness (QED) is 0.842. The predicted molar refractivity (Wildman–Crippen MR) is 72.3 cm³/mol. The van der Waals surface area contributed by atoms with Crippen molar-refractivity contribution in [3.63, 3.8) is 0 Å². The first-order valence-electron chi connectivity index (χ1n) is 6.44. The minimum Gasteiger partial charge on any atom is -0.314 e. The molecular formula is C14H23NS. The fourth-order valence-corrected chi connectivity index (χ4v) is 3.71. The molecule has 1 aromatic heterocycles. The van der Waals surface area contributed by atoms with E-state index >= 15 is 0 Å². The van der Waals surface area contributed by atoms with E-state index in [-0.39, 0.29) is 0 Å². The predicted octanol–water partition coefficient (Wildman–Crippen LogP) is 3.69. The van der Waals surface area contributed by atoms with Crippen LogP contribution < -0.4 is 5.32 Å². The minimum atomic E-state index is 0.787. The molecule has 2 heteroatoms. The van der Waals surface area contributed by atoms with Gasteiger partial charge in [0.15, 0.2) is 0 Å². The summed E-state index contributed by atoms with van der Waals surface area (Å²) in [6, 6.07) is 3.13. The Hall–Kier alpha value is -0.340. The van der Waals surface area contributed by atoms with Crippen molar-refractivity contribution < 1.29 is 0 Å². The zero-order valence-corrected chi connectivity index (χ0v) is 11.5. The third kappa shape index (κ3) is 3.08. The summed E-state index contributed by atoms with van der Waals surface area (Å²) in [6.45, 7) is 7.96. The summed E-state index contributed by atoms with van der Waals surface area (Å²) in [4.78, 5) is 2.95. The van der Waals surface area contributed by atoms with Crippen molar-refractivity contribution in [3.8, 4) is 0 Å². The van der Waals surface area contributed by atoms with Crippen LogP contribution in [-0.4, -0.2) is 12.6 Å². The molecule has 0 aromatic carbocycles. The Balaban J connectivity index is 1.74. The van der Waals surface area contributed by atoms with E-state index in [0.717, 1.165) is 18.5 Å². The first-order chi connectivity index (χ1) is 7.65. The van der Waals surface area contributed by atoms with Gasteiger partial charge < -0.3 is 5.32 Å². The first-order valence-corrected chi connectivity index (χ1v) is 7.26. The maximum atomic E-state index is 3.70. The van der Waals surface area contributed by atoms with E-state index in [9.17, 15) is 0 Å². The normalized spacial score (nSPS) is 25.2. The van der Waals surface area contributed by atoms with Crippen LogP contribution >= 0.6 is 11.3 Å². The van der Waals surface area contributed by atoms with Crippen LogP contribution in [0.1, 0.15) is 41.5 Å². The monoisotopic (exact) mass is 237 g/mol. The van der Waals surface area contributed by atoms with Gasteiger partial charge >= 0.3 is 0 Å². The van der Waals surface area contributed by atoms with Crippen LogP contribution in [0, 0.1) is 19.8 Å². The molecule has 2 rings (SSSR count). The minimum absolute atomic E-state index is 0.787.